The maximum atomic E-state index is 13.3. The van der Waals surface area contributed by atoms with E-state index in [1.165, 1.54) is 12.1 Å². The van der Waals surface area contributed by atoms with Crippen LogP contribution in [0.25, 0.3) is 0 Å². The minimum absolute atomic E-state index is 0.00376. The molecule has 0 aromatic heterocycles. The minimum Gasteiger partial charge on any atom is -0.396 e. The van der Waals surface area contributed by atoms with E-state index in [1.54, 1.807) is 12.1 Å². The lowest BCUT2D eigenvalue weighted by Crippen LogP contribution is -2.47. The summed E-state index contributed by atoms with van der Waals surface area (Å²) in [6.45, 7) is 2.67. The lowest BCUT2D eigenvalue weighted by atomic mass is 9.70. The maximum Gasteiger partial charge on any atom is 0.223 e. The summed E-state index contributed by atoms with van der Waals surface area (Å²) in [4.78, 5) is 14.9. The van der Waals surface area contributed by atoms with E-state index >= 15 is 0 Å². The fourth-order valence-corrected chi connectivity index (χ4v) is 4.16. The molecule has 1 heterocycles. The van der Waals surface area contributed by atoms with E-state index < -0.39 is 5.41 Å². The van der Waals surface area contributed by atoms with Gasteiger partial charge in [0.15, 0.2) is 0 Å². The Morgan fingerprint density at radius 1 is 1.19 bits per heavy atom. The van der Waals surface area contributed by atoms with Crippen molar-refractivity contribution in [2.45, 2.75) is 37.6 Å². The summed E-state index contributed by atoms with van der Waals surface area (Å²) in [5, 5.41) is 9.56. The first kappa shape index (κ1) is 19.1. The largest absolute Gasteiger partial charge is 0.396 e. The van der Waals surface area contributed by atoms with E-state index in [4.69, 9.17) is 0 Å². The third kappa shape index (κ3) is 3.84. The Morgan fingerprint density at radius 2 is 1.85 bits per heavy atom. The van der Waals surface area contributed by atoms with Crippen molar-refractivity contribution in [1.82, 2.24) is 4.90 Å². The monoisotopic (exact) mass is 419 g/mol. The molecule has 0 saturated carbocycles. The zero-order chi connectivity index (χ0) is 18.7. The molecule has 5 heteroatoms. The van der Waals surface area contributed by atoms with E-state index in [0.29, 0.717) is 19.4 Å². The number of aliphatic hydroxyl groups is 1. The Bertz CT molecular complexity index is 763. The number of likely N-dealkylation sites (tertiary alicyclic amines) is 1. The predicted molar refractivity (Wildman–Crippen MR) is 103 cm³/mol. The van der Waals surface area contributed by atoms with Gasteiger partial charge in [0.05, 0.1) is 6.04 Å². The Kier molecular flexibility index (Phi) is 5.78. The number of benzene rings is 2. The van der Waals surface area contributed by atoms with Crippen LogP contribution in [0.1, 0.15) is 43.4 Å². The van der Waals surface area contributed by atoms with Crippen LogP contribution in [-0.2, 0) is 10.2 Å². The minimum atomic E-state index is -0.421. The average Bonchev–Trinajstić information content (AvgIpc) is 2.63. The third-order valence-corrected chi connectivity index (χ3v) is 6.04. The van der Waals surface area contributed by atoms with Gasteiger partial charge in [-0.3, -0.25) is 4.79 Å². The summed E-state index contributed by atoms with van der Waals surface area (Å²) < 4.78 is 14.3. The van der Waals surface area contributed by atoms with Crippen molar-refractivity contribution < 1.29 is 14.3 Å². The van der Waals surface area contributed by atoms with Crippen LogP contribution >= 0.6 is 15.9 Å². The molecule has 3 rings (SSSR count). The summed E-state index contributed by atoms with van der Waals surface area (Å²) in [7, 11) is 0. The molecule has 2 aromatic rings. The number of carbonyl (C=O) groups excluding carboxylic acids is 1. The molecule has 0 unspecified atom stereocenters. The van der Waals surface area contributed by atoms with Crippen molar-refractivity contribution in [3.63, 3.8) is 0 Å². The zero-order valence-electron chi connectivity index (χ0n) is 14.8. The zero-order valence-corrected chi connectivity index (χ0v) is 16.4. The maximum absolute atomic E-state index is 13.3. The van der Waals surface area contributed by atoms with Crippen molar-refractivity contribution in [3.8, 4) is 0 Å². The molecule has 1 fully saturated rings. The van der Waals surface area contributed by atoms with E-state index in [9.17, 15) is 14.3 Å². The number of halogens is 2. The highest BCUT2D eigenvalue weighted by Crippen LogP contribution is 2.41. The van der Waals surface area contributed by atoms with Crippen molar-refractivity contribution in [1.29, 1.82) is 0 Å². The molecule has 0 radical (unpaired) electrons. The molecule has 138 valence electrons. The van der Waals surface area contributed by atoms with Gasteiger partial charge in [0.2, 0.25) is 5.91 Å². The molecule has 1 aliphatic heterocycles. The van der Waals surface area contributed by atoms with Crippen LogP contribution < -0.4 is 0 Å². The van der Waals surface area contributed by atoms with Gasteiger partial charge in [-0.1, -0.05) is 40.2 Å². The highest BCUT2D eigenvalue weighted by Gasteiger charge is 2.41. The van der Waals surface area contributed by atoms with Gasteiger partial charge in [0, 0.05) is 29.5 Å². The van der Waals surface area contributed by atoms with Crippen LogP contribution in [0.2, 0.25) is 0 Å². The molecule has 1 saturated heterocycles. The van der Waals surface area contributed by atoms with Gasteiger partial charge in [0.1, 0.15) is 5.82 Å². The highest BCUT2D eigenvalue weighted by molar-refractivity contribution is 9.10. The van der Waals surface area contributed by atoms with Gasteiger partial charge in [0.25, 0.3) is 0 Å². The van der Waals surface area contributed by atoms with E-state index in [0.717, 1.165) is 22.0 Å². The van der Waals surface area contributed by atoms with Crippen LogP contribution in [0.15, 0.2) is 53.0 Å². The lowest BCUT2D eigenvalue weighted by molar-refractivity contribution is -0.138. The van der Waals surface area contributed by atoms with Crippen molar-refractivity contribution >= 4 is 21.8 Å². The summed E-state index contributed by atoms with van der Waals surface area (Å²) in [6.07, 6.45) is 1.59. The number of amides is 1. The fraction of sp³-hybridized carbons (Fsp3) is 0.381. The normalized spacial score (nSPS) is 21.7. The molecular weight excluding hydrogens is 397 g/mol. The van der Waals surface area contributed by atoms with E-state index in [-0.39, 0.29) is 24.4 Å². The average molecular weight is 420 g/mol. The molecule has 0 aliphatic carbocycles. The smallest absolute Gasteiger partial charge is 0.223 e. The van der Waals surface area contributed by atoms with E-state index in [2.05, 4.69) is 15.9 Å². The molecule has 1 aliphatic rings. The van der Waals surface area contributed by atoms with Crippen LogP contribution in [0.5, 0.6) is 0 Å². The molecular formula is C21H23BrFNO2. The number of carbonyl (C=O) groups is 1. The second-order valence-corrected chi connectivity index (χ2v) is 7.92. The second kappa shape index (κ2) is 7.89. The summed E-state index contributed by atoms with van der Waals surface area (Å²) >= 11 is 3.43. The van der Waals surface area contributed by atoms with Gasteiger partial charge in [-0.15, -0.1) is 0 Å². The fourth-order valence-electron chi connectivity index (χ4n) is 3.89. The van der Waals surface area contributed by atoms with Gasteiger partial charge < -0.3 is 10.0 Å². The van der Waals surface area contributed by atoms with Gasteiger partial charge in [-0.05, 0) is 55.2 Å². The number of piperidine rings is 1. The Hall–Kier alpha value is -1.72. The summed E-state index contributed by atoms with van der Waals surface area (Å²) in [6, 6.07) is 14.3. The molecule has 2 aromatic carbocycles. The quantitative estimate of drug-likeness (QED) is 0.769. The molecule has 3 nitrogen and oxygen atoms in total. The topological polar surface area (TPSA) is 40.5 Å². The van der Waals surface area contributed by atoms with Crippen LogP contribution in [-0.4, -0.2) is 29.1 Å². The lowest BCUT2D eigenvalue weighted by Gasteiger charge is -2.43. The van der Waals surface area contributed by atoms with Gasteiger partial charge in [-0.2, -0.15) is 0 Å². The van der Waals surface area contributed by atoms with Crippen molar-refractivity contribution in [2.24, 2.45) is 0 Å². The SMILES string of the molecule is C[C@H](c1ccc(Br)cc1)N1CC[C@@](CCO)(c2ccc(F)cc2)CC1=O. The van der Waals surface area contributed by atoms with Gasteiger partial charge in [-0.25, -0.2) is 4.39 Å². The summed E-state index contributed by atoms with van der Waals surface area (Å²) in [5.74, 6) is -0.218. The van der Waals surface area contributed by atoms with E-state index in [1.807, 2.05) is 36.1 Å². The first-order valence-electron chi connectivity index (χ1n) is 8.87. The number of rotatable bonds is 5. The van der Waals surface area contributed by atoms with Crippen molar-refractivity contribution in [2.75, 3.05) is 13.2 Å². The third-order valence-electron chi connectivity index (χ3n) is 5.51. The molecule has 1 N–H and O–H groups in total. The first-order valence-corrected chi connectivity index (χ1v) is 9.66. The molecule has 2 atom stereocenters. The second-order valence-electron chi connectivity index (χ2n) is 7.00. The predicted octanol–water partition coefficient (Wildman–Crippen LogP) is 4.59. The Labute approximate surface area is 162 Å². The number of hydrogen-bond acceptors (Lipinski definition) is 2. The number of hydrogen-bond donors (Lipinski definition) is 1. The molecule has 26 heavy (non-hydrogen) atoms. The molecule has 0 bridgehead atoms. The number of nitrogens with zero attached hydrogens (tertiary/aromatic N) is 1. The van der Waals surface area contributed by atoms with Crippen molar-refractivity contribution in [3.05, 3.63) is 69.9 Å². The van der Waals surface area contributed by atoms with Crippen LogP contribution in [0, 0.1) is 5.82 Å². The summed E-state index contributed by atoms with van der Waals surface area (Å²) in [5.41, 5.74) is 1.60. The Balaban J connectivity index is 1.81. The standard InChI is InChI=1S/C21H23BrFNO2/c1-15(16-2-6-18(22)7-3-16)24-12-10-21(11-13-25,14-20(24)26)17-4-8-19(23)9-5-17/h2-9,15,25H,10-14H2,1H3/t15-,21+/m1/s1. The molecule has 1 amide bonds. The Morgan fingerprint density at radius 3 is 2.42 bits per heavy atom. The van der Waals surface area contributed by atoms with Crippen LogP contribution in [0.3, 0.4) is 0 Å². The highest BCUT2D eigenvalue weighted by atomic mass is 79.9. The number of aliphatic hydroxyl groups excluding tert-OH is 1. The van der Waals surface area contributed by atoms with Crippen LogP contribution in [0.4, 0.5) is 4.39 Å². The first-order chi connectivity index (χ1) is 12.4. The molecule has 0 spiro atoms. The van der Waals surface area contributed by atoms with Gasteiger partial charge >= 0.3 is 0 Å².